The van der Waals surface area contributed by atoms with Crippen LogP contribution in [0.5, 0.6) is 5.75 Å². The SMILES string of the molecule is COc1ccc(S(=O)(=O)c2cnc(N3CCCC(C)C3)nc2N)cc1Cl. The quantitative estimate of drug-likeness (QED) is 0.848. The van der Waals surface area contributed by atoms with Gasteiger partial charge in [0.25, 0.3) is 0 Å². The first-order chi connectivity index (χ1) is 12.3. The number of hydrogen-bond donors (Lipinski definition) is 1. The molecule has 7 nitrogen and oxygen atoms in total. The highest BCUT2D eigenvalue weighted by molar-refractivity contribution is 7.91. The lowest BCUT2D eigenvalue weighted by molar-refractivity contribution is 0.414. The average molecular weight is 397 g/mol. The van der Waals surface area contributed by atoms with E-state index in [9.17, 15) is 8.42 Å². The van der Waals surface area contributed by atoms with Crippen LogP contribution in [0.1, 0.15) is 19.8 Å². The van der Waals surface area contributed by atoms with Crippen molar-refractivity contribution in [3.63, 3.8) is 0 Å². The zero-order valence-electron chi connectivity index (χ0n) is 14.6. The van der Waals surface area contributed by atoms with E-state index in [4.69, 9.17) is 22.1 Å². The van der Waals surface area contributed by atoms with Crippen LogP contribution in [0.15, 0.2) is 34.2 Å². The Hall–Kier alpha value is -2.06. The Balaban J connectivity index is 1.94. The fraction of sp³-hybridized carbons (Fsp3) is 0.412. The Morgan fingerprint density at radius 3 is 2.77 bits per heavy atom. The van der Waals surface area contributed by atoms with E-state index in [-0.39, 0.29) is 20.6 Å². The highest BCUT2D eigenvalue weighted by Gasteiger charge is 2.25. The third-order valence-corrected chi connectivity index (χ3v) is 6.50. The van der Waals surface area contributed by atoms with E-state index >= 15 is 0 Å². The van der Waals surface area contributed by atoms with Crippen molar-refractivity contribution in [2.75, 3.05) is 30.8 Å². The van der Waals surface area contributed by atoms with Gasteiger partial charge in [-0.1, -0.05) is 18.5 Å². The largest absolute Gasteiger partial charge is 0.495 e. The highest BCUT2D eigenvalue weighted by atomic mass is 35.5. The van der Waals surface area contributed by atoms with Crippen LogP contribution in [-0.2, 0) is 9.84 Å². The number of aromatic nitrogens is 2. The van der Waals surface area contributed by atoms with Crippen LogP contribution in [0.2, 0.25) is 5.02 Å². The Kier molecular flexibility index (Phi) is 5.24. The normalized spacial score (nSPS) is 18.0. The predicted molar refractivity (Wildman–Crippen MR) is 101 cm³/mol. The molecule has 2 aromatic rings. The Morgan fingerprint density at radius 1 is 1.38 bits per heavy atom. The van der Waals surface area contributed by atoms with Crippen LogP contribution >= 0.6 is 11.6 Å². The summed E-state index contributed by atoms with van der Waals surface area (Å²) in [5.74, 6) is 1.32. The van der Waals surface area contributed by atoms with E-state index in [2.05, 4.69) is 16.9 Å². The van der Waals surface area contributed by atoms with Gasteiger partial charge < -0.3 is 15.4 Å². The minimum absolute atomic E-state index is 0.0120. The molecule has 1 aliphatic heterocycles. The van der Waals surface area contributed by atoms with Gasteiger partial charge in [-0.05, 0) is 37.0 Å². The van der Waals surface area contributed by atoms with Crippen LogP contribution < -0.4 is 15.4 Å². The first-order valence-electron chi connectivity index (χ1n) is 8.29. The molecule has 1 atom stereocenters. The van der Waals surface area contributed by atoms with Crippen LogP contribution in [0.3, 0.4) is 0 Å². The molecule has 1 fully saturated rings. The molecule has 0 aliphatic carbocycles. The van der Waals surface area contributed by atoms with Crippen molar-refractivity contribution in [2.24, 2.45) is 5.92 Å². The molecule has 2 N–H and O–H groups in total. The Morgan fingerprint density at radius 2 is 2.15 bits per heavy atom. The van der Waals surface area contributed by atoms with Gasteiger partial charge in [-0.3, -0.25) is 0 Å². The smallest absolute Gasteiger partial charge is 0.227 e. The van der Waals surface area contributed by atoms with Crippen LogP contribution in [0.25, 0.3) is 0 Å². The van der Waals surface area contributed by atoms with E-state index in [0.29, 0.717) is 17.6 Å². The fourth-order valence-electron chi connectivity index (χ4n) is 3.05. The maximum Gasteiger partial charge on any atom is 0.227 e. The number of piperidine rings is 1. The summed E-state index contributed by atoms with van der Waals surface area (Å²) in [6.45, 7) is 3.84. The highest BCUT2D eigenvalue weighted by Crippen LogP contribution is 2.32. The molecule has 0 amide bonds. The molecule has 0 radical (unpaired) electrons. The molecule has 1 aliphatic rings. The maximum atomic E-state index is 12.9. The summed E-state index contributed by atoms with van der Waals surface area (Å²) in [5.41, 5.74) is 5.97. The second kappa shape index (κ2) is 7.28. The summed E-state index contributed by atoms with van der Waals surface area (Å²) < 4.78 is 30.8. The third-order valence-electron chi connectivity index (χ3n) is 4.43. The summed E-state index contributed by atoms with van der Waals surface area (Å²) in [4.78, 5) is 10.4. The Labute approximate surface area is 158 Å². The molecule has 3 rings (SSSR count). The molecule has 1 unspecified atom stereocenters. The molecule has 140 valence electrons. The van der Waals surface area contributed by atoms with Crippen molar-refractivity contribution in [3.8, 4) is 5.75 Å². The van der Waals surface area contributed by atoms with Crippen molar-refractivity contribution >= 4 is 33.2 Å². The third kappa shape index (κ3) is 3.57. The van der Waals surface area contributed by atoms with Gasteiger partial charge in [-0.25, -0.2) is 13.4 Å². The lowest BCUT2D eigenvalue weighted by Crippen LogP contribution is -2.35. The van der Waals surface area contributed by atoms with Crippen LogP contribution in [0, 0.1) is 5.92 Å². The molecule has 1 aromatic heterocycles. The van der Waals surface area contributed by atoms with E-state index in [1.54, 1.807) is 0 Å². The number of benzene rings is 1. The minimum atomic E-state index is -3.88. The molecule has 0 saturated carbocycles. The average Bonchev–Trinajstić information content (AvgIpc) is 2.61. The monoisotopic (exact) mass is 396 g/mol. The van der Waals surface area contributed by atoms with Crippen molar-refractivity contribution < 1.29 is 13.2 Å². The maximum absolute atomic E-state index is 12.9. The van der Waals surface area contributed by atoms with E-state index in [1.807, 2.05) is 4.90 Å². The lowest BCUT2D eigenvalue weighted by Gasteiger charge is -2.31. The van der Waals surface area contributed by atoms with Gasteiger partial charge >= 0.3 is 0 Å². The number of hydrogen-bond acceptors (Lipinski definition) is 7. The van der Waals surface area contributed by atoms with Gasteiger partial charge in [-0.15, -0.1) is 0 Å². The molecule has 26 heavy (non-hydrogen) atoms. The summed E-state index contributed by atoms with van der Waals surface area (Å²) >= 11 is 6.04. The van der Waals surface area contributed by atoms with E-state index in [0.717, 1.165) is 25.9 Å². The minimum Gasteiger partial charge on any atom is -0.495 e. The van der Waals surface area contributed by atoms with Gasteiger partial charge in [0.1, 0.15) is 16.5 Å². The standard InChI is InChI=1S/C17H21ClN4O3S/c1-11-4-3-7-22(10-11)17-20-9-15(16(19)21-17)26(23,24)12-5-6-14(25-2)13(18)8-12/h5-6,8-9,11H,3-4,7,10H2,1-2H3,(H2,19,20,21). The van der Waals surface area contributed by atoms with E-state index in [1.165, 1.54) is 31.5 Å². The molecule has 1 aromatic carbocycles. The van der Waals surface area contributed by atoms with Gasteiger partial charge in [0, 0.05) is 13.1 Å². The zero-order chi connectivity index (χ0) is 18.9. The second-order valence-corrected chi connectivity index (χ2v) is 8.74. The molecular weight excluding hydrogens is 376 g/mol. The van der Waals surface area contributed by atoms with Gasteiger partial charge in [-0.2, -0.15) is 4.98 Å². The number of rotatable bonds is 4. The van der Waals surface area contributed by atoms with Gasteiger partial charge in [0.15, 0.2) is 0 Å². The summed E-state index contributed by atoms with van der Waals surface area (Å²) in [5, 5.41) is 0.201. The van der Waals surface area contributed by atoms with Crippen LogP contribution in [-0.4, -0.2) is 38.6 Å². The molecule has 2 heterocycles. The molecule has 0 spiro atoms. The number of nitrogens with zero attached hydrogens (tertiary/aromatic N) is 3. The summed E-state index contributed by atoms with van der Waals surface area (Å²) in [6.07, 6.45) is 3.48. The first kappa shape index (κ1) is 18.7. The van der Waals surface area contributed by atoms with Gasteiger partial charge in [0.2, 0.25) is 15.8 Å². The van der Waals surface area contributed by atoms with Crippen molar-refractivity contribution in [1.82, 2.24) is 9.97 Å². The number of sulfone groups is 1. The number of nitrogens with two attached hydrogens (primary N) is 1. The first-order valence-corrected chi connectivity index (χ1v) is 10.1. The second-order valence-electron chi connectivity index (χ2n) is 6.41. The predicted octanol–water partition coefficient (Wildman–Crippen LogP) is 2.79. The topological polar surface area (TPSA) is 98.4 Å². The molecule has 0 bridgehead atoms. The van der Waals surface area contributed by atoms with Crippen molar-refractivity contribution in [1.29, 1.82) is 0 Å². The summed E-state index contributed by atoms with van der Waals surface area (Å²) in [7, 11) is -2.42. The summed E-state index contributed by atoms with van der Waals surface area (Å²) in [6, 6.07) is 4.24. The fourth-order valence-corrected chi connectivity index (χ4v) is 4.65. The molecule has 1 saturated heterocycles. The lowest BCUT2D eigenvalue weighted by atomic mass is 10.0. The number of halogens is 1. The number of nitrogen functional groups attached to an aromatic ring is 1. The van der Waals surface area contributed by atoms with Crippen LogP contribution in [0.4, 0.5) is 11.8 Å². The van der Waals surface area contributed by atoms with E-state index < -0.39 is 9.84 Å². The molecular formula is C17H21ClN4O3S. The molecule has 9 heteroatoms. The number of anilines is 2. The van der Waals surface area contributed by atoms with Gasteiger partial charge in [0.05, 0.1) is 23.2 Å². The Bertz CT molecular complexity index is 920. The number of methoxy groups -OCH3 is 1. The zero-order valence-corrected chi connectivity index (χ0v) is 16.2. The number of ether oxygens (including phenoxy) is 1. The van der Waals surface area contributed by atoms with Crippen molar-refractivity contribution in [3.05, 3.63) is 29.4 Å². The van der Waals surface area contributed by atoms with Crippen molar-refractivity contribution in [2.45, 2.75) is 29.6 Å².